The van der Waals surface area contributed by atoms with Crippen LogP contribution in [0, 0.1) is 11.6 Å². The largest absolute Gasteiger partial charge is 0.438 e. The van der Waals surface area contributed by atoms with Crippen LogP contribution in [0.1, 0.15) is 121 Å². The molecule has 332 valence electrons. The highest BCUT2D eigenvalue weighted by atomic mass is 19.1. The van der Waals surface area contributed by atoms with Crippen molar-refractivity contribution in [3.05, 3.63) is 139 Å². The molecule has 6 aromatic heterocycles. The van der Waals surface area contributed by atoms with Gasteiger partial charge in [-0.25, -0.2) is 27.6 Å². The van der Waals surface area contributed by atoms with E-state index in [4.69, 9.17) is 19.5 Å². The zero-order valence-electron chi connectivity index (χ0n) is 36.2. The summed E-state index contributed by atoms with van der Waals surface area (Å²) in [4.78, 5) is 47.0. The van der Waals surface area contributed by atoms with Gasteiger partial charge >= 0.3 is 11.4 Å². The van der Waals surface area contributed by atoms with Crippen LogP contribution < -0.4 is 11.4 Å². The molecule has 4 aliphatic rings. The van der Waals surface area contributed by atoms with Gasteiger partial charge in [-0.1, -0.05) is 5.16 Å². The first-order valence-corrected chi connectivity index (χ1v) is 22.2. The molecule has 0 radical (unpaired) electrons. The number of rotatable bonds is 8. The topological polar surface area (TPSA) is 168 Å². The predicted molar refractivity (Wildman–Crippen MR) is 232 cm³/mol. The van der Waals surface area contributed by atoms with Gasteiger partial charge in [0.25, 0.3) is 5.91 Å². The van der Waals surface area contributed by atoms with Crippen LogP contribution in [0.5, 0.6) is 0 Å². The van der Waals surface area contributed by atoms with E-state index >= 15 is 13.6 Å². The molecule has 0 bridgehead atoms. The SMILES string of the molecule is C[C@H]1c2c(nn(-c3ccc(F)c(C4CC4)c3)c2-n2ccn(-c3ccc4c(cnn4C)c3F)c2=O)CCN1C(=O)c1cn2nc([C@H]3CCOC(C)(C)C3)ccc2c1C1(c2noc(=O)[nH]2)CC1. The highest BCUT2D eigenvalue weighted by Gasteiger charge is 2.54. The average Bonchev–Trinajstić information content (AvgIpc) is 4.03. The molecule has 3 fully saturated rings. The number of hydrogen-bond acceptors (Lipinski definition) is 9. The summed E-state index contributed by atoms with van der Waals surface area (Å²) in [6.45, 7) is 6.98. The van der Waals surface area contributed by atoms with Gasteiger partial charge in [-0.15, -0.1) is 0 Å². The number of halogens is 2. The maximum Gasteiger partial charge on any atom is 0.438 e. The van der Waals surface area contributed by atoms with Crippen molar-refractivity contribution in [3.8, 4) is 17.2 Å². The standard InChI is InChI=1S/C47H45F2N11O5/c1-25-38-34(53-60(28-7-8-32(48)29(21-28)26-5-6-26)41(38)58-19-18-57(45(58)63)37-12-11-35-30(40(37)49)23-50-55(35)4)13-17-56(25)42(61)31-24-59-36(39(31)47(15-16-47)43-51-44(62)65-54-43)10-9-33(52-59)27-14-20-64-46(2,3)22-27/h7-12,18-19,21,23-27H,5-6,13-17,20,22H2,1-4H3,(H,51,54,62)/t25-,27-/m0/s1. The molecule has 2 aliphatic carbocycles. The third kappa shape index (κ3) is 6.12. The van der Waals surface area contributed by atoms with Gasteiger partial charge in [0.2, 0.25) is 0 Å². The molecule has 2 saturated carbocycles. The highest BCUT2D eigenvalue weighted by molar-refractivity contribution is 5.99. The van der Waals surface area contributed by atoms with E-state index in [1.54, 1.807) is 62.5 Å². The third-order valence-electron chi connectivity index (χ3n) is 14.2. The lowest BCUT2D eigenvalue weighted by Gasteiger charge is -2.35. The van der Waals surface area contributed by atoms with E-state index in [9.17, 15) is 9.59 Å². The molecular weight excluding hydrogens is 837 g/mol. The van der Waals surface area contributed by atoms with Gasteiger partial charge in [-0.05, 0) is 113 Å². The minimum Gasteiger partial charge on any atom is -0.376 e. The Morgan fingerprint density at radius 2 is 1.75 bits per heavy atom. The summed E-state index contributed by atoms with van der Waals surface area (Å²) in [6.07, 6.45) is 11.2. The second kappa shape index (κ2) is 14.0. The molecular formula is C47H45F2N11O5. The summed E-state index contributed by atoms with van der Waals surface area (Å²) in [5.41, 5.74) is 4.12. The monoisotopic (exact) mass is 881 g/mol. The molecule has 16 nitrogen and oxygen atoms in total. The van der Waals surface area contributed by atoms with Crippen LogP contribution in [-0.2, 0) is 23.6 Å². The molecule has 1 N–H and O–H groups in total. The number of aryl methyl sites for hydroxylation is 1. The van der Waals surface area contributed by atoms with Crippen molar-refractivity contribution in [2.45, 2.75) is 94.6 Å². The highest BCUT2D eigenvalue weighted by Crippen LogP contribution is 2.55. The van der Waals surface area contributed by atoms with Crippen LogP contribution in [0.15, 0.2) is 81.4 Å². The summed E-state index contributed by atoms with van der Waals surface area (Å²) >= 11 is 0. The molecule has 12 rings (SSSR count). The van der Waals surface area contributed by atoms with Crippen LogP contribution >= 0.6 is 0 Å². The first-order valence-electron chi connectivity index (χ1n) is 22.2. The molecule has 8 aromatic rings. The summed E-state index contributed by atoms with van der Waals surface area (Å²) in [6, 6.07) is 11.5. The Bertz CT molecular complexity index is 3390. The molecule has 1 amide bonds. The molecule has 2 aromatic carbocycles. The van der Waals surface area contributed by atoms with Gasteiger partial charge in [0.05, 0.1) is 68.0 Å². The van der Waals surface area contributed by atoms with Gasteiger partial charge in [-0.3, -0.25) is 28.1 Å². The van der Waals surface area contributed by atoms with E-state index in [0.717, 1.165) is 36.9 Å². The Hall–Kier alpha value is -6.95. The van der Waals surface area contributed by atoms with Crippen molar-refractivity contribution in [3.63, 3.8) is 0 Å². The Kier molecular flexibility index (Phi) is 8.55. The fourth-order valence-corrected chi connectivity index (χ4v) is 10.6. The fraction of sp³-hybridized carbons (Fsp3) is 0.383. The van der Waals surface area contributed by atoms with Crippen LogP contribution in [0.4, 0.5) is 8.78 Å². The molecule has 65 heavy (non-hydrogen) atoms. The minimum atomic E-state index is -0.790. The summed E-state index contributed by atoms with van der Waals surface area (Å²) in [7, 11) is 1.72. The van der Waals surface area contributed by atoms with E-state index in [2.05, 4.69) is 29.1 Å². The van der Waals surface area contributed by atoms with E-state index in [1.807, 2.05) is 19.1 Å². The summed E-state index contributed by atoms with van der Waals surface area (Å²) in [5, 5.41) is 18.8. The maximum absolute atomic E-state index is 16.1. The number of aromatic nitrogens is 10. The number of imidazole rings is 1. The Labute approximate surface area is 369 Å². The normalized spacial score (nSPS) is 20.2. The van der Waals surface area contributed by atoms with E-state index < -0.39 is 28.7 Å². The number of carbonyl (C=O) groups is 1. The van der Waals surface area contributed by atoms with Gasteiger partial charge in [0.1, 0.15) is 11.6 Å². The van der Waals surface area contributed by atoms with E-state index in [-0.39, 0.29) is 40.2 Å². The van der Waals surface area contributed by atoms with Crippen LogP contribution in [-0.4, -0.2) is 78.0 Å². The summed E-state index contributed by atoms with van der Waals surface area (Å²) < 4.78 is 50.0. The average molecular weight is 882 g/mol. The number of ether oxygens (including phenoxy) is 1. The van der Waals surface area contributed by atoms with E-state index in [1.165, 1.54) is 27.6 Å². The molecule has 8 heterocycles. The fourth-order valence-electron chi connectivity index (χ4n) is 10.6. The quantitative estimate of drug-likeness (QED) is 0.175. The lowest BCUT2D eigenvalue weighted by molar-refractivity contribution is -0.0598. The molecule has 2 aliphatic heterocycles. The molecule has 0 spiro atoms. The lowest BCUT2D eigenvalue weighted by atomic mass is 9.86. The zero-order chi connectivity index (χ0) is 44.7. The van der Waals surface area contributed by atoms with E-state index in [0.29, 0.717) is 83.2 Å². The number of hydrogen-bond donors (Lipinski definition) is 1. The lowest BCUT2D eigenvalue weighted by Crippen LogP contribution is -2.40. The molecule has 18 heteroatoms. The second-order valence-corrected chi connectivity index (χ2v) is 18.8. The number of H-pyrrole nitrogens is 1. The molecule has 1 saturated heterocycles. The second-order valence-electron chi connectivity index (χ2n) is 18.8. The maximum atomic E-state index is 16.1. The number of amides is 1. The number of benzene rings is 2. The van der Waals surface area contributed by atoms with Crippen LogP contribution in [0.3, 0.4) is 0 Å². The Morgan fingerprint density at radius 3 is 2.51 bits per heavy atom. The first kappa shape index (κ1) is 39.6. The van der Waals surface area contributed by atoms with Crippen LogP contribution in [0.2, 0.25) is 0 Å². The third-order valence-corrected chi connectivity index (χ3v) is 14.2. The van der Waals surface area contributed by atoms with Crippen LogP contribution in [0.25, 0.3) is 33.6 Å². The van der Waals surface area contributed by atoms with Gasteiger partial charge in [0.15, 0.2) is 11.6 Å². The van der Waals surface area contributed by atoms with Gasteiger partial charge < -0.3 is 9.64 Å². The smallest absolute Gasteiger partial charge is 0.376 e. The van der Waals surface area contributed by atoms with Gasteiger partial charge in [-0.2, -0.15) is 15.3 Å². The molecule has 2 atom stereocenters. The predicted octanol–water partition coefficient (Wildman–Crippen LogP) is 6.69. The number of nitrogens with zero attached hydrogens (tertiary/aromatic N) is 10. The minimum absolute atomic E-state index is 0.0462. The van der Waals surface area contributed by atoms with Gasteiger partial charge in [0, 0.05) is 62.3 Å². The van der Waals surface area contributed by atoms with Crippen molar-refractivity contribution >= 4 is 22.3 Å². The number of fused-ring (bicyclic) bond motifs is 3. The first-order chi connectivity index (χ1) is 31.3. The number of aromatic amines is 1. The number of carbonyl (C=O) groups excluding carboxylic acids is 1. The number of nitrogens with one attached hydrogen (secondary N) is 1. The Balaban J connectivity index is 0.994. The molecule has 0 unspecified atom stereocenters. The Morgan fingerprint density at radius 1 is 0.954 bits per heavy atom. The van der Waals surface area contributed by atoms with Crippen molar-refractivity contribution in [1.29, 1.82) is 0 Å². The van der Waals surface area contributed by atoms with Crippen molar-refractivity contribution in [2.75, 3.05) is 13.2 Å². The van der Waals surface area contributed by atoms with Crippen molar-refractivity contribution in [2.24, 2.45) is 7.05 Å². The van der Waals surface area contributed by atoms with Crippen molar-refractivity contribution in [1.82, 2.24) is 53.3 Å². The summed E-state index contributed by atoms with van der Waals surface area (Å²) in [5.74, 6) is -0.898. The zero-order valence-corrected chi connectivity index (χ0v) is 36.2. The van der Waals surface area contributed by atoms with Crippen molar-refractivity contribution < 1.29 is 22.8 Å².